The Morgan fingerprint density at radius 2 is 2.00 bits per heavy atom. The Morgan fingerprint density at radius 3 is 2.75 bits per heavy atom. The van der Waals surface area contributed by atoms with E-state index in [1.54, 1.807) is 17.5 Å². The van der Waals surface area contributed by atoms with Gasteiger partial charge in [0, 0.05) is 23.9 Å². The van der Waals surface area contributed by atoms with Crippen LogP contribution in [0.5, 0.6) is 0 Å². The van der Waals surface area contributed by atoms with Crippen molar-refractivity contribution >= 4 is 38.5 Å². The Morgan fingerprint density at radius 1 is 1.21 bits per heavy atom. The number of aryl methyl sites for hydroxylation is 1. The maximum absolute atomic E-state index is 12.8. The highest BCUT2D eigenvalue weighted by atomic mass is 32.1. The molecule has 28 heavy (non-hydrogen) atoms. The average molecular weight is 394 g/mol. The van der Waals surface area contributed by atoms with E-state index in [9.17, 15) is 4.79 Å². The van der Waals surface area contributed by atoms with E-state index in [-0.39, 0.29) is 17.9 Å². The van der Waals surface area contributed by atoms with E-state index in [0.717, 1.165) is 21.6 Å². The fourth-order valence-corrected chi connectivity index (χ4v) is 4.22. The van der Waals surface area contributed by atoms with Crippen LogP contribution in [0.4, 0.5) is 0 Å². The third kappa shape index (κ3) is 3.38. The first-order valence-electron chi connectivity index (χ1n) is 9.42. The largest absolute Gasteiger partial charge is 0.351 e. The quantitative estimate of drug-likeness (QED) is 0.543. The molecule has 0 bridgehead atoms. The maximum Gasteiger partial charge on any atom is 0.253 e. The number of rotatable bonds is 5. The van der Waals surface area contributed by atoms with E-state index in [2.05, 4.69) is 47.2 Å². The summed E-state index contributed by atoms with van der Waals surface area (Å²) in [6, 6.07) is 10.2. The molecule has 1 aromatic carbocycles. The number of fused-ring (bicyclic) bond motifs is 2. The summed E-state index contributed by atoms with van der Waals surface area (Å²) in [7, 11) is 0. The minimum atomic E-state index is -0.114. The van der Waals surface area contributed by atoms with E-state index in [0.29, 0.717) is 17.8 Å². The lowest BCUT2D eigenvalue weighted by molar-refractivity contribution is 0.0951. The molecule has 0 aliphatic carbocycles. The predicted molar refractivity (Wildman–Crippen MR) is 113 cm³/mol. The number of carbonyl (C=O) groups is 1. The van der Waals surface area contributed by atoms with Crippen LogP contribution >= 0.6 is 11.3 Å². The molecule has 7 heteroatoms. The third-order valence-corrected chi connectivity index (χ3v) is 6.06. The number of para-hydroxylation sites is 1. The van der Waals surface area contributed by atoms with Crippen LogP contribution in [0.25, 0.3) is 21.3 Å². The number of hydrogen-bond donors (Lipinski definition) is 1. The van der Waals surface area contributed by atoms with Crippen molar-refractivity contribution in [3.05, 3.63) is 52.8 Å². The van der Waals surface area contributed by atoms with Crippen molar-refractivity contribution < 1.29 is 4.79 Å². The van der Waals surface area contributed by atoms with E-state index >= 15 is 0 Å². The zero-order valence-corrected chi connectivity index (χ0v) is 17.2. The summed E-state index contributed by atoms with van der Waals surface area (Å²) in [5.41, 5.74) is 3.12. The van der Waals surface area contributed by atoms with Gasteiger partial charge in [0.2, 0.25) is 0 Å². The monoisotopic (exact) mass is 393 g/mol. The number of pyridine rings is 1. The number of carbonyl (C=O) groups excluding carboxylic acids is 1. The number of thiazole rings is 1. The lowest BCUT2D eigenvalue weighted by Crippen LogP contribution is -2.28. The molecule has 1 amide bonds. The molecule has 0 aliphatic heterocycles. The van der Waals surface area contributed by atoms with Crippen LogP contribution in [-0.4, -0.2) is 32.2 Å². The minimum absolute atomic E-state index is 0.114. The van der Waals surface area contributed by atoms with Crippen molar-refractivity contribution in [2.24, 2.45) is 0 Å². The van der Waals surface area contributed by atoms with Gasteiger partial charge in [-0.2, -0.15) is 5.10 Å². The fourth-order valence-electron chi connectivity index (χ4n) is 3.20. The molecule has 1 atom stereocenters. The van der Waals surface area contributed by atoms with Crippen LogP contribution in [0, 0.1) is 6.92 Å². The average Bonchev–Trinajstić information content (AvgIpc) is 3.28. The predicted octanol–water partition coefficient (Wildman–Crippen LogP) is 4.46. The van der Waals surface area contributed by atoms with Gasteiger partial charge in [-0.25, -0.2) is 14.6 Å². The van der Waals surface area contributed by atoms with Gasteiger partial charge in [0.05, 0.1) is 32.7 Å². The van der Waals surface area contributed by atoms with Gasteiger partial charge >= 0.3 is 0 Å². The number of benzene rings is 1. The molecule has 0 radical (unpaired) electrons. The summed E-state index contributed by atoms with van der Waals surface area (Å²) in [6.07, 6.45) is 1.77. The zero-order valence-electron chi connectivity index (χ0n) is 16.4. The Labute approximate surface area is 167 Å². The van der Waals surface area contributed by atoms with Gasteiger partial charge in [-0.15, -0.1) is 11.3 Å². The normalized spacial score (nSPS) is 12.8. The highest BCUT2D eigenvalue weighted by molar-refractivity contribution is 7.18. The Kier molecular flexibility index (Phi) is 4.85. The van der Waals surface area contributed by atoms with E-state index in [4.69, 9.17) is 0 Å². The van der Waals surface area contributed by atoms with Gasteiger partial charge in [-0.05, 0) is 39.0 Å². The van der Waals surface area contributed by atoms with Crippen molar-refractivity contribution in [3.63, 3.8) is 0 Å². The Hall–Kier alpha value is -2.80. The van der Waals surface area contributed by atoms with Crippen LogP contribution in [0.1, 0.15) is 53.8 Å². The molecule has 3 aromatic heterocycles. The van der Waals surface area contributed by atoms with Gasteiger partial charge in [-0.3, -0.25) is 4.79 Å². The van der Waals surface area contributed by atoms with Crippen molar-refractivity contribution in [2.75, 3.05) is 6.54 Å². The highest BCUT2D eigenvalue weighted by Crippen LogP contribution is 2.27. The van der Waals surface area contributed by atoms with Crippen molar-refractivity contribution in [1.29, 1.82) is 0 Å². The van der Waals surface area contributed by atoms with E-state index in [1.807, 2.05) is 35.9 Å². The molecule has 4 rings (SSSR count). The van der Waals surface area contributed by atoms with Crippen LogP contribution in [0.2, 0.25) is 0 Å². The smallest absolute Gasteiger partial charge is 0.253 e. The van der Waals surface area contributed by atoms with Crippen LogP contribution in [-0.2, 0) is 0 Å². The number of amides is 1. The summed E-state index contributed by atoms with van der Waals surface area (Å²) in [5.74, 6) is 0.0270. The summed E-state index contributed by atoms with van der Waals surface area (Å²) in [5, 5.41) is 9.33. The third-order valence-electron chi connectivity index (χ3n) is 4.79. The summed E-state index contributed by atoms with van der Waals surface area (Å²) in [4.78, 5) is 22.1. The first kappa shape index (κ1) is 18.6. The summed E-state index contributed by atoms with van der Waals surface area (Å²) < 4.78 is 3.04. The van der Waals surface area contributed by atoms with Crippen LogP contribution in [0.15, 0.2) is 36.5 Å². The number of aromatic nitrogens is 4. The molecular weight excluding hydrogens is 370 g/mol. The number of nitrogens with zero attached hydrogens (tertiary/aromatic N) is 4. The molecule has 4 aromatic rings. The molecule has 0 fully saturated rings. The second-order valence-electron chi connectivity index (χ2n) is 7.35. The molecule has 144 valence electrons. The summed E-state index contributed by atoms with van der Waals surface area (Å²) in [6.45, 7) is 8.60. The molecule has 0 saturated carbocycles. The highest BCUT2D eigenvalue weighted by Gasteiger charge is 2.17. The first-order valence-corrected chi connectivity index (χ1v) is 10.2. The molecule has 1 unspecified atom stereocenters. The molecular formula is C21H23N5OS. The fraction of sp³-hybridized carbons (Fsp3) is 0.333. The maximum atomic E-state index is 12.8. The molecule has 6 nitrogen and oxygen atoms in total. The molecule has 1 N–H and O–H groups in total. The van der Waals surface area contributed by atoms with Gasteiger partial charge in [0.25, 0.3) is 5.91 Å². The Bertz CT molecular complexity index is 1130. The minimum Gasteiger partial charge on any atom is -0.351 e. The first-order chi connectivity index (χ1) is 13.4. The van der Waals surface area contributed by atoms with Crippen LogP contribution in [0.3, 0.4) is 0 Å². The molecule has 3 heterocycles. The molecule has 0 saturated heterocycles. The second-order valence-corrected chi connectivity index (χ2v) is 8.41. The van der Waals surface area contributed by atoms with E-state index in [1.165, 1.54) is 4.70 Å². The molecule has 0 aliphatic rings. The summed E-state index contributed by atoms with van der Waals surface area (Å²) >= 11 is 1.68. The van der Waals surface area contributed by atoms with Crippen molar-refractivity contribution in [2.45, 2.75) is 39.7 Å². The van der Waals surface area contributed by atoms with Crippen molar-refractivity contribution in [1.82, 2.24) is 25.1 Å². The number of nitrogens with one attached hydrogen (secondary N) is 1. The number of hydrogen-bond acceptors (Lipinski definition) is 5. The standard InChI is InChI=1S/C21H23N5OS/c1-12(2)26-19-15(11-23-26)9-16(14(4)24-19)20(27)22-10-13(3)21-25-17-7-5-6-8-18(17)28-21/h5-9,11-13H,10H2,1-4H3,(H,22,27). The van der Waals surface area contributed by atoms with Gasteiger partial charge in [-0.1, -0.05) is 19.1 Å². The lowest BCUT2D eigenvalue weighted by Gasteiger charge is -2.12. The second kappa shape index (κ2) is 7.31. The zero-order chi connectivity index (χ0) is 19.8. The van der Waals surface area contributed by atoms with Crippen LogP contribution < -0.4 is 5.32 Å². The van der Waals surface area contributed by atoms with E-state index < -0.39 is 0 Å². The van der Waals surface area contributed by atoms with Gasteiger partial charge in [0.15, 0.2) is 5.65 Å². The van der Waals surface area contributed by atoms with Crippen molar-refractivity contribution in [3.8, 4) is 0 Å². The topological polar surface area (TPSA) is 72.7 Å². The van der Waals surface area contributed by atoms with Gasteiger partial charge < -0.3 is 5.32 Å². The van der Waals surface area contributed by atoms with Gasteiger partial charge in [0.1, 0.15) is 0 Å². The lowest BCUT2D eigenvalue weighted by atomic mass is 10.1. The Balaban J connectivity index is 1.50. The molecule has 0 spiro atoms. The SMILES string of the molecule is Cc1nc2c(cnn2C(C)C)cc1C(=O)NCC(C)c1nc2ccccc2s1.